The van der Waals surface area contributed by atoms with Gasteiger partial charge in [0.2, 0.25) is 10.0 Å². The van der Waals surface area contributed by atoms with Crippen LogP contribution in [0, 0.1) is 5.82 Å². The van der Waals surface area contributed by atoms with Gasteiger partial charge < -0.3 is 4.90 Å². The van der Waals surface area contributed by atoms with E-state index in [0.717, 1.165) is 12.0 Å². The van der Waals surface area contributed by atoms with Gasteiger partial charge in [0.1, 0.15) is 11.9 Å². The summed E-state index contributed by atoms with van der Waals surface area (Å²) in [4.78, 5) is 27.7. The Morgan fingerprint density at radius 2 is 1.93 bits per heavy atom. The molecule has 6 rings (SSSR count). The number of aliphatic imine (C=N–C) groups is 1. The van der Waals surface area contributed by atoms with Crippen molar-refractivity contribution in [2.75, 3.05) is 6.54 Å². The van der Waals surface area contributed by atoms with Gasteiger partial charge in [-0.1, -0.05) is 49.2 Å². The number of halogens is 4. The van der Waals surface area contributed by atoms with E-state index < -0.39 is 34.5 Å². The minimum absolute atomic E-state index is 0.106. The Kier molecular flexibility index (Phi) is 10.2. The molecular formula is C30H26ClF3N6O4S2. The van der Waals surface area contributed by atoms with Crippen LogP contribution in [0.4, 0.5) is 13.2 Å². The highest BCUT2D eigenvalue weighted by Crippen LogP contribution is 2.46. The second kappa shape index (κ2) is 14.1. The maximum Gasteiger partial charge on any atom is 0.373 e. The average Bonchev–Trinajstić information content (AvgIpc) is 3.79. The first-order chi connectivity index (χ1) is 22.1. The Balaban J connectivity index is 0.00000134. The molecule has 16 heteroatoms. The van der Waals surface area contributed by atoms with Crippen LogP contribution in [0.3, 0.4) is 0 Å². The number of aryl methyl sites for hydroxylation is 1. The first kappa shape index (κ1) is 33.2. The van der Waals surface area contributed by atoms with Crippen LogP contribution in [-0.4, -0.2) is 52.7 Å². The van der Waals surface area contributed by atoms with Gasteiger partial charge in [0.05, 0.1) is 10.6 Å². The van der Waals surface area contributed by atoms with E-state index in [9.17, 15) is 21.6 Å². The molecule has 2 aliphatic heterocycles. The monoisotopic (exact) mass is 690 g/mol. The number of rotatable bonds is 9. The number of fused-ring (bicyclic) bond motifs is 1. The molecule has 240 valence electrons. The van der Waals surface area contributed by atoms with Gasteiger partial charge in [-0.3, -0.25) is 4.99 Å². The van der Waals surface area contributed by atoms with E-state index in [0.29, 0.717) is 38.8 Å². The Morgan fingerprint density at radius 3 is 2.59 bits per heavy atom. The van der Waals surface area contributed by atoms with Crippen LogP contribution >= 0.6 is 22.9 Å². The molecule has 1 N–H and O–H groups in total. The van der Waals surface area contributed by atoms with Gasteiger partial charge in [-0.15, -0.1) is 11.3 Å². The number of hydrogen-bond acceptors (Lipinski definition) is 9. The summed E-state index contributed by atoms with van der Waals surface area (Å²) in [5, 5.41) is 6.61. The summed E-state index contributed by atoms with van der Waals surface area (Å²) < 4.78 is 71.9. The lowest BCUT2D eigenvalue weighted by atomic mass is 9.92. The predicted molar refractivity (Wildman–Crippen MR) is 164 cm³/mol. The van der Waals surface area contributed by atoms with Gasteiger partial charge in [0.25, 0.3) is 0 Å². The molecule has 0 amide bonds. The molecule has 2 atom stereocenters. The van der Waals surface area contributed by atoms with Crippen molar-refractivity contribution in [1.82, 2.24) is 24.4 Å². The zero-order valence-corrected chi connectivity index (χ0v) is 26.5. The summed E-state index contributed by atoms with van der Waals surface area (Å²) >= 11 is 7.86. The average molecular weight is 691 g/mol. The maximum atomic E-state index is 14.1. The van der Waals surface area contributed by atoms with Gasteiger partial charge in [-0.2, -0.15) is 23.5 Å². The van der Waals surface area contributed by atoms with Crippen molar-refractivity contribution < 1.29 is 31.2 Å². The molecule has 1 fully saturated rings. The summed E-state index contributed by atoms with van der Waals surface area (Å²) in [6.45, 7) is -0.669. The van der Waals surface area contributed by atoms with E-state index in [1.807, 2.05) is 17.9 Å². The molecule has 46 heavy (non-hydrogen) atoms. The number of aromatic nitrogens is 3. The lowest BCUT2D eigenvalue weighted by Crippen LogP contribution is -2.39. The van der Waals surface area contributed by atoms with E-state index in [-0.39, 0.29) is 34.7 Å². The lowest BCUT2D eigenvalue weighted by molar-refractivity contribution is -0.191. The number of nitrogens with one attached hydrogen (secondary N) is 1. The highest BCUT2D eigenvalue weighted by molar-refractivity contribution is 7.89. The molecule has 4 heterocycles. The van der Waals surface area contributed by atoms with Crippen molar-refractivity contribution in [3.05, 3.63) is 105 Å². The molecular weight excluding hydrogens is 665 g/mol. The van der Waals surface area contributed by atoms with Crippen LogP contribution in [0.15, 0.2) is 81.9 Å². The summed E-state index contributed by atoms with van der Waals surface area (Å²) in [5.74, 6) is -0.0642. The molecule has 0 radical (unpaired) electrons. The summed E-state index contributed by atoms with van der Waals surface area (Å²) in [6, 6.07) is 10.8. The highest BCUT2D eigenvalue weighted by Gasteiger charge is 2.42. The third-order valence-corrected chi connectivity index (χ3v) is 10.0. The third kappa shape index (κ3) is 6.83. The van der Waals surface area contributed by atoms with Crippen LogP contribution in [0.5, 0.6) is 0 Å². The SMILES string of the molecule is CCCc1ccccc1S(=O)(=O)N[C@H]1CC2=C(c3ccn(C(F)F)n3)[C@H](c3ccc(F)cc3Cl)N=C(c3nccs3)N2C1.O=C=O. The fourth-order valence-corrected chi connectivity index (χ4v) is 7.97. The predicted octanol–water partition coefficient (Wildman–Crippen LogP) is 5.86. The Morgan fingerprint density at radius 1 is 1.17 bits per heavy atom. The van der Waals surface area contributed by atoms with Gasteiger partial charge in [-0.05, 0) is 36.2 Å². The second-order valence-corrected chi connectivity index (χ2v) is 13.2. The van der Waals surface area contributed by atoms with Crippen molar-refractivity contribution in [2.24, 2.45) is 4.99 Å². The minimum atomic E-state index is -3.91. The zero-order valence-electron chi connectivity index (χ0n) is 24.1. The molecule has 1 saturated heterocycles. The van der Waals surface area contributed by atoms with Crippen LogP contribution in [0.25, 0.3) is 5.57 Å². The van der Waals surface area contributed by atoms with Crippen molar-refractivity contribution in [3.8, 4) is 0 Å². The largest absolute Gasteiger partial charge is 0.373 e. The smallest absolute Gasteiger partial charge is 0.326 e. The molecule has 0 aliphatic carbocycles. The third-order valence-electron chi connectivity index (χ3n) is 7.33. The van der Waals surface area contributed by atoms with Crippen molar-refractivity contribution >= 4 is 50.5 Å². The Labute approximate surface area is 271 Å². The van der Waals surface area contributed by atoms with Crippen LogP contribution in [-0.2, 0) is 26.0 Å². The van der Waals surface area contributed by atoms with Crippen LogP contribution in [0.2, 0.25) is 5.02 Å². The number of amidine groups is 1. The first-order valence-corrected chi connectivity index (χ1v) is 16.7. The van der Waals surface area contributed by atoms with Gasteiger partial charge >= 0.3 is 12.7 Å². The van der Waals surface area contributed by atoms with Crippen molar-refractivity contribution in [1.29, 1.82) is 0 Å². The zero-order chi connectivity index (χ0) is 33.0. The number of alkyl halides is 2. The lowest BCUT2D eigenvalue weighted by Gasteiger charge is -2.32. The topological polar surface area (TPSA) is 127 Å². The van der Waals surface area contributed by atoms with E-state index in [2.05, 4.69) is 14.8 Å². The van der Waals surface area contributed by atoms with E-state index in [1.54, 1.807) is 29.8 Å². The number of carbonyl (C=O) groups excluding carboxylic acids is 2. The quantitative estimate of drug-likeness (QED) is 0.233. The highest BCUT2D eigenvalue weighted by atomic mass is 35.5. The number of benzene rings is 2. The summed E-state index contributed by atoms with van der Waals surface area (Å²) in [7, 11) is -3.91. The van der Waals surface area contributed by atoms with Crippen molar-refractivity contribution in [2.45, 2.75) is 49.7 Å². The molecule has 2 aromatic heterocycles. The second-order valence-electron chi connectivity index (χ2n) is 10.3. The molecule has 4 aromatic rings. The van der Waals surface area contributed by atoms with E-state index in [1.165, 1.54) is 41.8 Å². The molecule has 0 spiro atoms. The Bertz CT molecular complexity index is 1930. The molecule has 2 aliphatic rings. The molecule has 0 saturated carbocycles. The fourth-order valence-electron chi connectivity index (χ4n) is 5.56. The Hall–Kier alpha value is -4.14. The molecule has 2 aromatic carbocycles. The van der Waals surface area contributed by atoms with Gasteiger partial charge in [0, 0.05) is 58.6 Å². The molecule has 0 bridgehead atoms. The molecule has 0 unspecified atom stereocenters. The van der Waals surface area contributed by atoms with Crippen LogP contribution in [0.1, 0.15) is 54.2 Å². The van der Waals surface area contributed by atoms with E-state index >= 15 is 0 Å². The summed E-state index contributed by atoms with van der Waals surface area (Å²) in [6.07, 6.45) is 4.66. The maximum absolute atomic E-state index is 14.1. The number of sulfonamides is 1. The fraction of sp³-hybridized carbons (Fsp3) is 0.267. The van der Waals surface area contributed by atoms with E-state index in [4.69, 9.17) is 26.2 Å². The number of nitrogens with zero attached hydrogens (tertiary/aromatic N) is 5. The summed E-state index contributed by atoms with van der Waals surface area (Å²) in [5.41, 5.74) is 2.51. The van der Waals surface area contributed by atoms with Crippen molar-refractivity contribution in [3.63, 3.8) is 0 Å². The number of hydrogen-bond donors (Lipinski definition) is 1. The van der Waals surface area contributed by atoms with Crippen LogP contribution < -0.4 is 4.72 Å². The van der Waals surface area contributed by atoms with Gasteiger partial charge in [0.15, 0.2) is 10.8 Å². The normalized spacial score (nSPS) is 17.8. The minimum Gasteiger partial charge on any atom is -0.326 e. The van der Waals surface area contributed by atoms with Gasteiger partial charge in [-0.25, -0.2) is 27.2 Å². The number of thiazole rings is 1. The molecule has 10 nitrogen and oxygen atoms in total. The standard InChI is InChI=1S/C29H26ClF3N6O2S2.CO2/c1-2-5-17-6-3-4-7-24(17)43(40,41)37-19-15-23-25(22-10-12-39(36-22)29(32)33)26(20-9-8-18(31)14-21(20)30)35-27(38(23)16-19)28-34-11-13-42-28;2-1-3/h3-4,6-14,19,26,29,37H,2,5,15-16H2,1H3;/t19-,26-;/m0./s1. The first-order valence-electron chi connectivity index (χ1n) is 13.9.